The minimum absolute atomic E-state index is 0.262. The highest BCUT2D eigenvalue weighted by molar-refractivity contribution is 5.86. The molecule has 0 unspecified atom stereocenters. The van der Waals surface area contributed by atoms with Crippen molar-refractivity contribution in [3.63, 3.8) is 0 Å². The van der Waals surface area contributed by atoms with Crippen LogP contribution >= 0.6 is 0 Å². The highest BCUT2D eigenvalue weighted by Crippen LogP contribution is 2.17. The molecule has 0 rings (SSSR count). The number of ether oxygens (including phenoxy) is 1. The maximum absolute atomic E-state index is 11.1. The van der Waals surface area contributed by atoms with E-state index >= 15 is 0 Å². The normalized spacial score (nSPS) is 10.6. The van der Waals surface area contributed by atoms with Gasteiger partial charge in [-0.05, 0) is 19.3 Å². The molecule has 2 heteroatoms. The molecular formula is C15H28O2. The van der Waals surface area contributed by atoms with Crippen LogP contribution < -0.4 is 0 Å². The van der Waals surface area contributed by atoms with Crippen LogP contribution in [0.25, 0.3) is 0 Å². The van der Waals surface area contributed by atoms with Crippen molar-refractivity contribution in [2.45, 2.75) is 65.7 Å². The highest BCUT2D eigenvalue weighted by atomic mass is 16.5. The fraction of sp³-hybridized carbons (Fsp3) is 0.800. The summed E-state index contributed by atoms with van der Waals surface area (Å²) in [6.07, 6.45) is 8.63. The van der Waals surface area contributed by atoms with Crippen LogP contribution in [0.15, 0.2) is 12.2 Å². The Morgan fingerprint density at radius 1 is 1.12 bits per heavy atom. The van der Waals surface area contributed by atoms with Crippen molar-refractivity contribution in [1.29, 1.82) is 0 Å². The number of rotatable bonds is 10. The first-order chi connectivity index (χ1) is 8.11. The molecule has 0 heterocycles. The molecule has 0 aromatic carbocycles. The van der Waals surface area contributed by atoms with Crippen LogP contribution in [0.1, 0.15) is 65.7 Å². The van der Waals surface area contributed by atoms with Crippen molar-refractivity contribution in [2.75, 3.05) is 6.61 Å². The van der Waals surface area contributed by atoms with Crippen LogP contribution in [-0.4, -0.2) is 12.6 Å². The fourth-order valence-corrected chi connectivity index (χ4v) is 1.87. The van der Waals surface area contributed by atoms with Crippen LogP contribution in [0.4, 0.5) is 0 Å². The monoisotopic (exact) mass is 240 g/mol. The molecule has 0 aromatic rings. The van der Waals surface area contributed by atoms with Crippen LogP contribution in [0.5, 0.6) is 0 Å². The van der Waals surface area contributed by atoms with Crippen LogP contribution in [-0.2, 0) is 9.53 Å². The molecule has 0 aromatic heterocycles. The molecule has 0 saturated carbocycles. The van der Waals surface area contributed by atoms with Gasteiger partial charge in [0.15, 0.2) is 0 Å². The lowest BCUT2D eigenvalue weighted by Gasteiger charge is -2.11. The average molecular weight is 240 g/mol. The van der Waals surface area contributed by atoms with Crippen molar-refractivity contribution >= 4 is 5.97 Å². The van der Waals surface area contributed by atoms with Crippen LogP contribution in [0.3, 0.4) is 0 Å². The summed E-state index contributed by atoms with van der Waals surface area (Å²) in [6, 6.07) is 0. The Morgan fingerprint density at radius 2 is 1.71 bits per heavy atom. The van der Waals surface area contributed by atoms with Gasteiger partial charge in [0, 0.05) is 5.57 Å². The van der Waals surface area contributed by atoms with E-state index in [0.29, 0.717) is 12.2 Å². The second-order valence-corrected chi connectivity index (χ2v) is 4.80. The van der Waals surface area contributed by atoms with Crippen LogP contribution in [0, 0.1) is 5.92 Å². The van der Waals surface area contributed by atoms with Gasteiger partial charge in [0.1, 0.15) is 0 Å². The standard InChI is InChI=1S/C15H28O2/c1-5-14(6-2)11-9-7-8-10-12-17-15(16)13(3)4/h14H,3,5-12H2,1-2,4H3. The summed E-state index contributed by atoms with van der Waals surface area (Å²) in [5.41, 5.74) is 0.485. The minimum atomic E-state index is -0.262. The molecular weight excluding hydrogens is 212 g/mol. The summed E-state index contributed by atoms with van der Waals surface area (Å²) in [5, 5.41) is 0. The maximum Gasteiger partial charge on any atom is 0.333 e. The third-order valence-corrected chi connectivity index (χ3v) is 3.24. The van der Waals surface area contributed by atoms with E-state index in [2.05, 4.69) is 20.4 Å². The van der Waals surface area contributed by atoms with E-state index in [1.54, 1.807) is 6.92 Å². The van der Waals surface area contributed by atoms with Gasteiger partial charge in [-0.15, -0.1) is 0 Å². The summed E-state index contributed by atoms with van der Waals surface area (Å²) in [5.74, 6) is 0.637. The maximum atomic E-state index is 11.1. The summed E-state index contributed by atoms with van der Waals surface area (Å²) < 4.78 is 5.03. The molecule has 0 spiro atoms. The molecule has 100 valence electrons. The molecule has 2 nitrogen and oxygen atoms in total. The largest absolute Gasteiger partial charge is 0.462 e. The molecule has 0 bridgehead atoms. The van der Waals surface area contributed by atoms with Gasteiger partial charge in [-0.1, -0.05) is 59.0 Å². The fourth-order valence-electron chi connectivity index (χ4n) is 1.87. The van der Waals surface area contributed by atoms with Gasteiger partial charge < -0.3 is 4.74 Å². The van der Waals surface area contributed by atoms with E-state index in [1.165, 1.54) is 32.1 Å². The number of hydrogen-bond donors (Lipinski definition) is 0. The Bertz CT molecular complexity index is 217. The van der Waals surface area contributed by atoms with Gasteiger partial charge in [0.2, 0.25) is 0 Å². The van der Waals surface area contributed by atoms with Gasteiger partial charge in [0.05, 0.1) is 6.61 Å². The number of carbonyl (C=O) groups excluding carboxylic acids is 1. The molecule has 0 aliphatic heterocycles. The van der Waals surface area contributed by atoms with E-state index in [9.17, 15) is 4.79 Å². The second-order valence-electron chi connectivity index (χ2n) is 4.80. The third kappa shape index (κ3) is 8.96. The van der Waals surface area contributed by atoms with E-state index in [1.807, 2.05) is 0 Å². The zero-order valence-corrected chi connectivity index (χ0v) is 11.8. The molecule has 0 aliphatic carbocycles. The number of unbranched alkanes of at least 4 members (excludes halogenated alkanes) is 3. The lowest BCUT2D eigenvalue weighted by Crippen LogP contribution is -2.06. The third-order valence-electron chi connectivity index (χ3n) is 3.24. The van der Waals surface area contributed by atoms with Crippen molar-refractivity contribution in [2.24, 2.45) is 5.92 Å². The molecule has 0 N–H and O–H groups in total. The van der Waals surface area contributed by atoms with Crippen molar-refractivity contribution in [3.8, 4) is 0 Å². The van der Waals surface area contributed by atoms with Gasteiger partial charge in [-0.25, -0.2) is 4.79 Å². The Kier molecular flexibility index (Phi) is 9.89. The van der Waals surface area contributed by atoms with Crippen molar-refractivity contribution in [3.05, 3.63) is 12.2 Å². The first-order valence-electron chi connectivity index (χ1n) is 6.94. The first kappa shape index (κ1) is 16.2. The Labute approximate surface area is 106 Å². The molecule has 0 amide bonds. The van der Waals surface area contributed by atoms with E-state index in [-0.39, 0.29) is 5.97 Å². The summed E-state index contributed by atoms with van der Waals surface area (Å²) >= 11 is 0. The second kappa shape index (κ2) is 10.4. The first-order valence-corrected chi connectivity index (χ1v) is 6.94. The Morgan fingerprint density at radius 3 is 2.24 bits per heavy atom. The molecule has 0 atom stereocenters. The molecule has 0 radical (unpaired) electrons. The smallest absolute Gasteiger partial charge is 0.333 e. The summed E-state index contributed by atoms with van der Waals surface area (Å²) in [4.78, 5) is 11.1. The van der Waals surface area contributed by atoms with Gasteiger partial charge in [0.25, 0.3) is 0 Å². The van der Waals surface area contributed by atoms with Crippen molar-refractivity contribution < 1.29 is 9.53 Å². The van der Waals surface area contributed by atoms with Crippen LogP contribution in [0.2, 0.25) is 0 Å². The molecule has 0 saturated heterocycles. The zero-order chi connectivity index (χ0) is 13.1. The van der Waals surface area contributed by atoms with Gasteiger partial charge in [-0.2, -0.15) is 0 Å². The average Bonchev–Trinajstić information content (AvgIpc) is 2.32. The number of esters is 1. The number of carbonyl (C=O) groups is 1. The predicted octanol–water partition coefficient (Wildman–Crippen LogP) is 4.49. The zero-order valence-electron chi connectivity index (χ0n) is 11.8. The quantitative estimate of drug-likeness (QED) is 0.319. The Balaban J connectivity index is 3.29. The Hall–Kier alpha value is -0.790. The topological polar surface area (TPSA) is 26.3 Å². The van der Waals surface area contributed by atoms with E-state index in [0.717, 1.165) is 18.8 Å². The molecule has 0 fully saturated rings. The SMILES string of the molecule is C=C(C)C(=O)OCCCCCCC(CC)CC. The van der Waals surface area contributed by atoms with Gasteiger partial charge >= 0.3 is 5.97 Å². The lowest BCUT2D eigenvalue weighted by atomic mass is 9.96. The minimum Gasteiger partial charge on any atom is -0.462 e. The van der Waals surface area contributed by atoms with E-state index in [4.69, 9.17) is 4.74 Å². The summed E-state index contributed by atoms with van der Waals surface area (Å²) in [7, 11) is 0. The summed E-state index contributed by atoms with van der Waals surface area (Å²) in [6.45, 7) is 10.3. The highest BCUT2D eigenvalue weighted by Gasteiger charge is 2.03. The number of hydrogen-bond acceptors (Lipinski definition) is 2. The molecule has 17 heavy (non-hydrogen) atoms. The lowest BCUT2D eigenvalue weighted by molar-refractivity contribution is -0.139. The van der Waals surface area contributed by atoms with E-state index < -0.39 is 0 Å². The predicted molar refractivity (Wildman–Crippen MR) is 72.9 cm³/mol. The molecule has 0 aliphatic rings. The van der Waals surface area contributed by atoms with Crippen molar-refractivity contribution in [1.82, 2.24) is 0 Å². The van der Waals surface area contributed by atoms with Gasteiger partial charge in [-0.3, -0.25) is 0 Å².